The molecule has 3 aromatic rings. The first kappa shape index (κ1) is 26.0. The Bertz CT molecular complexity index is 1180. The number of hydrogen-bond donors (Lipinski definition) is 1. The van der Waals surface area contributed by atoms with E-state index in [-0.39, 0.29) is 5.69 Å². The van der Waals surface area contributed by atoms with Gasteiger partial charge in [0.25, 0.3) is 0 Å². The Hall–Kier alpha value is -3.08. The minimum absolute atomic E-state index is 0.0941. The summed E-state index contributed by atoms with van der Waals surface area (Å²) in [6, 6.07) is 15.0. The second kappa shape index (κ2) is 12.8. The summed E-state index contributed by atoms with van der Waals surface area (Å²) in [5, 5.41) is 9.53. The molecule has 0 aliphatic heterocycles. The summed E-state index contributed by atoms with van der Waals surface area (Å²) >= 11 is 0. The maximum atomic E-state index is 13.4. The van der Waals surface area contributed by atoms with Gasteiger partial charge in [0.15, 0.2) is 0 Å². The summed E-state index contributed by atoms with van der Waals surface area (Å²) in [4.78, 5) is 25.0. The van der Waals surface area contributed by atoms with E-state index in [9.17, 15) is 14.7 Å². The third kappa shape index (κ3) is 6.57. The predicted molar refractivity (Wildman–Crippen MR) is 146 cm³/mol. The van der Waals surface area contributed by atoms with Gasteiger partial charge in [0.2, 0.25) is 0 Å². The molecule has 1 aromatic heterocycles. The van der Waals surface area contributed by atoms with E-state index in [0.29, 0.717) is 17.7 Å². The van der Waals surface area contributed by atoms with Gasteiger partial charge in [-0.25, -0.2) is 9.59 Å². The number of carbonyl (C=O) groups is 1. The predicted octanol–water partition coefficient (Wildman–Crippen LogP) is 7.16. The van der Waals surface area contributed by atoms with Gasteiger partial charge in [-0.3, -0.25) is 9.13 Å². The summed E-state index contributed by atoms with van der Waals surface area (Å²) in [5.74, 6) is -0.174. The monoisotopic (exact) mass is 488 g/mol. The first-order valence-electron chi connectivity index (χ1n) is 13.8. The van der Waals surface area contributed by atoms with E-state index < -0.39 is 5.97 Å². The van der Waals surface area contributed by atoms with Gasteiger partial charge in [0.1, 0.15) is 0 Å². The third-order valence-electron chi connectivity index (χ3n) is 7.68. The number of benzene rings is 2. The highest BCUT2D eigenvalue weighted by Gasteiger charge is 2.17. The molecule has 0 saturated heterocycles. The van der Waals surface area contributed by atoms with Crippen molar-refractivity contribution >= 4 is 5.97 Å². The number of aromatic nitrogens is 2. The van der Waals surface area contributed by atoms with Crippen LogP contribution in [-0.2, 0) is 19.5 Å². The van der Waals surface area contributed by atoms with E-state index in [2.05, 4.69) is 13.1 Å². The molecule has 1 aliphatic rings. The lowest BCUT2D eigenvalue weighted by molar-refractivity contribution is 0.0697. The van der Waals surface area contributed by atoms with Crippen molar-refractivity contribution in [2.75, 3.05) is 0 Å². The van der Waals surface area contributed by atoms with Crippen LogP contribution in [-0.4, -0.2) is 20.2 Å². The van der Waals surface area contributed by atoms with Gasteiger partial charge in [-0.15, -0.1) is 0 Å². The van der Waals surface area contributed by atoms with Crippen molar-refractivity contribution in [1.82, 2.24) is 9.13 Å². The lowest BCUT2D eigenvalue weighted by Gasteiger charge is -2.21. The average molecular weight is 489 g/mol. The highest BCUT2D eigenvalue weighted by Crippen LogP contribution is 2.27. The Morgan fingerprint density at radius 3 is 2.44 bits per heavy atom. The molecule has 2 aromatic carbocycles. The lowest BCUT2D eigenvalue weighted by atomic mass is 9.87. The molecule has 4 rings (SSSR count). The van der Waals surface area contributed by atoms with Crippen LogP contribution in [0.5, 0.6) is 0 Å². The fourth-order valence-electron chi connectivity index (χ4n) is 5.54. The number of aromatic carboxylic acids is 1. The Morgan fingerprint density at radius 2 is 1.72 bits per heavy atom. The highest BCUT2D eigenvalue weighted by atomic mass is 16.4. The van der Waals surface area contributed by atoms with E-state index in [4.69, 9.17) is 0 Å². The van der Waals surface area contributed by atoms with Crippen molar-refractivity contribution in [2.24, 2.45) is 5.92 Å². The largest absolute Gasteiger partial charge is 0.478 e. The SMILES string of the molecule is CCCCCCc1cn(CCC2CCCCC2)c(=O)n1Cc1ccc(-c2ccccc2C(=O)O)cc1. The number of carboxylic acid groups (broad SMARTS) is 1. The molecule has 1 N–H and O–H groups in total. The van der Waals surface area contributed by atoms with Crippen molar-refractivity contribution in [3.63, 3.8) is 0 Å². The zero-order valence-electron chi connectivity index (χ0n) is 21.6. The summed E-state index contributed by atoms with van der Waals surface area (Å²) in [6.45, 7) is 3.57. The maximum absolute atomic E-state index is 13.4. The number of carboxylic acids is 1. The number of imidazole rings is 1. The van der Waals surface area contributed by atoms with Crippen molar-refractivity contribution in [3.05, 3.63) is 82.0 Å². The smallest absolute Gasteiger partial charge is 0.336 e. The van der Waals surface area contributed by atoms with Crippen LogP contribution in [0.4, 0.5) is 0 Å². The third-order valence-corrected chi connectivity index (χ3v) is 7.68. The van der Waals surface area contributed by atoms with Gasteiger partial charge in [-0.2, -0.15) is 0 Å². The number of hydrogen-bond acceptors (Lipinski definition) is 2. The fourth-order valence-corrected chi connectivity index (χ4v) is 5.54. The normalized spacial score (nSPS) is 14.2. The Balaban J connectivity index is 1.52. The van der Waals surface area contributed by atoms with Crippen molar-refractivity contribution in [1.29, 1.82) is 0 Å². The van der Waals surface area contributed by atoms with Crippen LogP contribution in [0.2, 0.25) is 0 Å². The molecule has 0 bridgehead atoms. The van der Waals surface area contributed by atoms with Crippen molar-refractivity contribution < 1.29 is 9.90 Å². The fraction of sp³-hybridized carbons (Fsp3) is 0.484. The molecule has 1 fully saturated rings. The second-order valence-electron chi connectivity index (χ2n) is 10.3. The zero-order chi connectivity index (χ0) is 25.3. The summed E-state index contributed by atoms with van der Waals surface area (Å²) in [6.07, 6.45) is 15.5. The Labute approximate surface area is 214 Å². The van der Waals surface area contributed by atoms with E-state index in [1.54, 1.807) is 12.1 Å². The van der Waals surface area contributed by atoms with Crippen molar-refractivity contribution in [2.45, 2.75) is 90.6 Å². The summed E-state index contributed by atoms with van der Waals surface area (Å²) in [7, 11) is 0. The minimum Gasteiger partial charge on any atom is -0.478 e. The number of aryl methyl sites for hydroxylation is 2. The van der Waals surface area contributed by atoms with E-state index in [0.717, 1.165) is 48.5 Å². The average Bonchev–Trinajstić information content (AvgIpc) is 3.20. The molecule has 5 heteroatoms. The molecular formula is C31H40N2O3. The second-order valence-corrected chi connectivity index (χ2v) is 10.3. The van der Waals surface area contributed by atoms with Gasteiger partial charge < -0.3 is 5.11 Å². The summed E-state index contributed by atoms with van der Waals surface area (Å²) < 4.78 is 3.90. The molecule has 0 unspecified atom stereocenters. The lowest BCUT2D eigenvalue weighted by Crippen LogP contribution is -2.26. The van der Waals surface area contributed by atoms with Crippen LogP contribution in [0.25, 0.3) is 11.1 Å². The molecule has 36 heavy (non-hydrogen) atoms. The van der Waals surface area contributed by atoms with Gasteiger partial charge in [0.05, 0.1) is 12.1 Å². The standard InChI is InChI=1S/C31H40N2O3/c1-2-3-4-8-13-27-23-32(21-20-24-11-6-5-7-12-24)31(36)33(27)22-25-16-18-26(19-17-25)28-14-9-10-15-29(28)30(34)35/h9-10,14-19,23-24H,2-8,11-13,20-22H2,1H3,(H,34,35). The number of rotatable bonds is 12. The van der Waals surface area contributed by atoms with Crippen LogP contribution in [0, 0.1) is 5.92 Å². The van der Waals surface area contributed by atoms with Gasteiger partial charge in [-0.1, -0.05) is 101 Å². The van der Waals surface area contributed by atoms with E-state index in [1.807, 2.05) is 45.5 Å². The minimum atomic E-state index is -0.927. The molecule has 1 heterocycles. The maximum Gasteiger partial charge on any atom is 0.336 e. The molecule has 1 saturated carbocycles. The topological polar surface area (TPSA) is 64.2 Å². The number of nitrogens with zero attached hydrogens (tertiary/aromatic N) is 2. The molecule has 192 valence electrons. The first-order valence-corrected chi connectivity index (χ1v) is 13.8. The van der Waals surface area contributed by atoms with Crippen LogP contribution in [0.1, 0.15) is 92.7 Å². The quantitative estimate of drug-likeness (QED) is 0.275. The Morgan fingerprint density at radius 1 is 0.972 bits per heavy atom. The van der Waals surface area contributed by atoms with Crippen LogP contribution in [0.3, 0.4) is 0 Å². The van der Waals surface area contributed by atoms with Gasteiger partial charge >= 0.3 is 11.7 Å². The molecule has 0 spiro atoms. The first-order chi connectivity index (χ1) is 17.6. The molecular weight excluding hydrogens is 448 g/mol. The molecule has 1 aliphatic carbocycles. The highest BCUT2D eigenvalue weighted by molar-refractivity contribution is 5.95. The number of unbranched alkanes of at least 4 members (excludes halogenated alkanes) is 3. The molecule has 0 atom stereocenters. The van der Waals surface area contributed by atoms with Crippen LogP contribution < -0.4 is 5.69 Å². The molecule has 5 nitrogen and oxygen atoms in total. The van der Waals surface area contributed by atoms with E-state index in [1.165, 1.54) is 51.4 Å². The van der Waals surface area contributed by atoms with E-state index >= 15 is 0 Å². The van der Waals surface area contributed by atoms with Crippen LogP contribution in [0.15, 0.2) is 59.5 Å². The summed E-state index contributed by atoms with van der Waals surface area (Å²) in [5.41, 5.74) is 4.14. The van der Waals surface area contributed by atoms with Crippen LogP contribution >= 0.6 is 0 Å². The Kier molecular flexibility index (Phi) is 9.21. The zero-order valence-corrected chi connectivity index (χ0v) is 21.6. The van der Waals surface area contributed by atoms with Gasteiger partial charge in [0, 0.05) is 18.4 Å². The molecule has 0 radical (unpaired) electrons. The van der Waals surface area contributed by atoms with Gasteiger partial charge in [-0.05, 0) is 47.9 Å². The molecule has 0 amide bonds. The van der Waals surface area contributed by atoms with Crippen molar-refractivity contribution in [3.8, 4) is 11.1 Å².